The minimum Gasteiger partial charge on any atom is -0.461 e. The van der Waals surface area contributed by atoms with E-state index in [0.717, 1.165) is 80.4 Å². The first kappa shape index (κ1) is 25.4. The van der Waals surface area contributed by atoms with Gasteiger partial charge in [-0.1, -0.05) is 43.3 Å². The number of ether oxygens (including phenoxy) is 1. The summed E-state index contributed by atoms with van der Waals surface area (Å²) in [6.45, 7) is 6.62. The van der Waals surface area contributed by atoms with Crippen molar-refractivity contribution in [3.05, 3.63) is 54.0 Å². The number of hydrogen-bond acceptors (Lipinski definition) is 7. The molecule has 8 rings (SSSR count). The van der Waals surface area contributed by atoms with Crippen LogP contribution in [0.5, 0.6) is 6.01 Å². The van der Waals surface area contributed by atoms with E-state index in [4.69, 9.17) is 19.7 Å². The summed E-state index contributed by atoms with van der Waals surface area (Å²) in [6, 6.07) is 13.4. The zero-order valence-corrected chi connectivity index (χ0v) is 23.7. The van der Waals surface area contributed by atoms with Gasteiger partial charge in [0.15, 0.2) is 5.82 Å². The van der Waals surface area contributed by atoms with Gasteiger partial charge in [-0.25, -0.2) is 4.39 Å². The first-order chi connectivity index (χ1) is 20.1. The fraction of sp³-hybridized carbons (Fsp3) is 0.485. The van der Waals surface area contributed by atoms with E-state index in [-0.39, 0.29) is 11.5 Å². The van der Waals surface area contributed by atoms with Crippen LogP contribution in [0, 0.1) is 5.82 Å². The van der Waals surface area contributed by atoms with E-state index >= 15 is 4.39 Å². The molecule has 0 aliphatic carbocycles. The van der Waals surface area contributed by atoms with E-state index in [1.807, 2.05) is 12.1 Å². The Morgan fingerprint density at radius 1 is 1.02 bits per heavy atom. The number of hydrogen-bond donors (Lipinski definition) is 1. The molecular formula is C33H37FN6O. The summed E-state index contributed by atoms with van der Waals surface area (Å²) in [5, 5.41) is 6.49. The lowest BCUT2D eigenvalue weighted by atomic mass is 9.95. The van der Waals surface area contributed by atoms with Crippen molar-refractivity contribution < 1.29 is 9.13 Å². The first-order valence-electron chi connectivity index (χ1n) is 15.4. The lowest BCUT2D eigenvalue weighted by Crippen LogP contribution is -2.51. The topological polar surface area (TPSA) is 66.4 Å². The number of anilines is 1. The van der Waals surface area contributed by atoms with E-state index in [1.165, 1.54) is 18.4 Å². The summed E-state index contributed by atoms with van der Waals surface area (Å²) in [4.78, 5) is 19.3. The van der Waals surface area contributed by atoms with Crippen molar-refractivity contribution >= 4 is 27.5 Å². The Kier molecular flexibility index (Phi) is 6.11. The molecule has 1 N–H and O–H groups in total. The van der Waals surface area contributed by atoms with Crippen LogP contribution >= 0.6 is 0 Å². The maximum atomic E-state index is 16.7. The highest BCUT2D eigenvalue weighted by Gasteiger charge is 2.45. The maximum absolute atomic E-state index is 16.7. The molecule has 7 nitrogen and oxygen atoms in total. The number of piperazine rings is 1. The number of benzene rings is 2. The Morgan fingerprint density at radius 2 is 1.78 bits per heavy atom. The number of aryl methyl sites for hydroxylation is 1. The lowest BCUT2D eigenvalue weighted by molar-refractivity contribution is 0.108. The quantitative estimate of drug-likeness (QED) is 0.339. The monoisotopic (exact) mass is 552 g/mol. The molecule has 4 aromatic rings. The Bertz CT molecular complexity index is 1610. The van der Waals surface area contributed by atoms with Crippen molar-refractivity contribution in [1.29, 1.82) is 0 Å². The molecule has 212 valence electrons. The zero-order valence-electron chi connectivity index (χ0n) is 23.7. The van der Waals surface area contributed by atoms with Gasteiger partial charge in [0.1, 0.15) is 23.6 Å². The average Bonchev–Trinajstić information content (AvgIpc) is 3.69. The standard InChI is InChI=1S/C33H37FN6O/c1-2-21-7-3-8-22-9-4-10-25(27(21)22)29-28(34)30-26(17-35-29)31(39-18-23-11-12-24(19-39)36-23)38-32(37-30)41-20-33-13-5-15-40(33)16-6-14-33/h3-4,7-10,17,23-24,36H,2,5-6,11-16,18-20H2,1H3/t23-,24+. The Morgan fingerprint density at radius 3 is 2.54 bits per heavy atom. The summed E-state index contributed by atoms with van der Waals surface area (Å²) in [7, 11) is 0. The van der Waals surface area contributed by atoms with Crippen LogP contribution in [-0.2, 0) is 6.42 Å². The maximum Gasteiger partial charge on any atom is 0.319 e. The normalized spacial score (nSPS) is 23.5. The van der Waals surface area contributed by atoms with E-state index < -0.39 is 5.82 Å². The average molecular weight is 553 g/mol. The number of nitrogens with zero attached hydrogens (tertiary/aromatic N) is 5. The van der Waals surface area contributed by atoms with Crippen molar-refractivity contribution in [1.82, 2.24) is 25.2 Å². The molecule has 6 heterocycles. The van der Waals surface area contributed by atoms with Gasteiger partial charge in [0.25, 0.3) is 0 Å². The van der Waals surface area contributed by atoms with Gasteiger partial charge in [0.2, 0.25) is 0 Å². The third-order valence-corrected chi connectivity index (χ3v) is 10.1. The molecule has 0 amide bonds. The third-order valence-electron chi connectivity index (χ3n) is 10.1. The summed E-state index contributed by atoms with van der Waals surface area (Å²) in [5.74, 6) is 0.328. The summed E-state index contributed by atoms with van der Waals surface area (Å²) >= 11 is 0. The molecule has 4 aliphatic heterocycles. The van der Waals surface area contributed by atoms with Crippen molar-refractivity contribution in [2.75, 3.05) is 37.7 Å². The van der Waals surface area contributed by atoms with Gasteiger partial charge in [-0.3, -0.25) is 9.88 Å². The van der Waals surface area contributed by atoms with Crippen LogP contribution in [0.3, 0.4) is 0 Å². The fourth-order valence-electron chi connectivity index (χ4n) is 8.06. The SMILES string of the molecule is CCc1cccc2cccc(-c3ncc4c(N5C[C@H]6CC[C@@H](C5)N6)nc(OCC56CCCN5CCC6)nc4c3F)c12. The smallest absolute Gasteiger partial charge is 0.319 e. The second kappa shape index (κ2) is 9.88. The van der Waals surface area contributed by atoms with E-state index in [0.29, 0.717) is 35.3 Å². The number of nitrogens with one attached hydrogen (secondary N) is 1. The molecule has 2 aromatic carbocycles. The molecule has 2 bridgehead atoms. The Balaban J connectivity index is 1.26. The fourth-order valence-corrected chi connectivity index (χ4v) is 8.06. The van der Waals surface area contributed by atoms with Crippen LogP contribution in [0.4, 0.5) is 10.2 Å². The van der Waals surface area contributed by atoms with Crippen molar-refractivity contribution in [2.45, 2.75) is 69.5 Å². The summed E-state index contributed by atoms with van der Waals surface area (Å²) in [5.41, 5.74) is 2.66. The molecule has 2 atom stereocenters. The van der Waals surface area contributed by atoms with Gasteiger partial charge in [-0.15, -0.1) is 0 Å². The van der Waals surface area contributed by atoms with Gasteiger partial charge < -0.3 is 15.0 Å². The zero-order chi connectivity index (χ0) is 27.6. The van der Waals surface area contributed by atoms with Crippen molar-refractivity contribution in [3.63, 3.8) is 0 Å². The highest BCUT2D eigenvalue weighted by Crippen LogP contribution is 2.40. The predicted octanol–water partition coefficient (Wildman–Crippen LogP) is 5.49. The molecule has 4 aliphatic rings. The van der Waals surface area contributed by atoms with E-state index in [2.05, 4.69) is 46.3 Å². The van der Waals surface area contributed by atoms with E-state index in [9.17, 15) is 0 Å². The molecule has 0 saturated carbocycles. The molecule has 4 saturated heterocycles. The van der Waals surface area contributed by atoms with Crippen LogP contribution < -0.4 is 15.0 Å². The second-order valence-electron chi connectivity index (χ2n) is 12.4. The third kappa shape index (κ3) is 4.17. The summed E-state index contributed by atoms with van der Waals surface area (Å²) < 4.78 is 23.1. The number of fused-ring (bicyclic) bond motifs is 5. The van der Waals surface area contributed by atoms with Gasteiger partial charge in [0, 0.05) is 36.9 Å². The predicted molar refractivity (Wildman–Crippen MR) is 160 cm³/mol. The largest absolute Gasteiger partial charge is 0.461 e. The van der Waals surface area contributed by atoms with E-state index in [1.54, 1.807) is 6.20 Å². The molecule has 41 heavy (non-hydrogen) atoms. The molecule has 0 radical (unpaired) electrons. The van der Waals surface area contributed by atoms with Crippen LogP contribution in [0.2, 0.25) is 0 Å². The molecule has 8 heteroatoms. The van der Waals surface area contributed by atoms with Gasteiger partial charge in [-0.05, 0) is 74.4 Å². The van der Waals surface area contributed by atoms with Gasteiger partial charge in [-0.2, -0.15) is 9.97 Å². The highest BCUT2D eigenvalue weighted by atomic mass is 19.1. The Hall–Kier alpha value is -3.36. The number of halogens is 1. The number of aromatic nitrogens is 3. The van der Waals surface area contributed by atoms with Crippen molar-refractivity contribution in [2.24, 2.45) is 0 Å². The summed E-state index contributed by atoms with van der Waals surface area (Å²) in [6.07, 6.45) is 9.62. The molecule has 2 aromatic heterocycles. The Labute approximate surface area is 240 Å². The van der Waals surface area contributed by atoms with Gasteiger partial charge >= 0.3 is 6.01 Å². The van der Waals surface area contributed by atoms with Crippen LogP contribution in [0.1, 0.15) is 51.0 Å². The second-order valence-corrected chi connectivity index (χ2v) is 12.4. The van der Waals surface area contributed by atoms with Crippen LogP contribution in [0.15, 0.2) is 42.6 Å². The molecule has 4 fully saturated rings. The van der Waals surface area contributed by atoms with Crippen molar-refractivity contribution in [3.8, 4) is 17.3 Å². The highest BCUT2D eigenvalue weighted by molar-refractivity contribution is 6.00. The number of pyridine rings is 1. The molecule has 0 spiro atoms. The van der Waals surface area contributed by atoms with Crippen LogP contribution in [-0.4, -0.2) is 70.3 Å². The molecule has 0 unspecified atom stereocenters. The minimum absolute atomic E-state index is 0.0636. The van der Waals surface area contributed by atoms with Crippen LogP contribution in [0.25, 0.3) is 32.9 Å². The first-order valence-corrected chi connectivity index (χ1v) is 15.4. The van der Waals surface area contributed by atoms with Gasteiger partial charge in [0.05, 0.1) is 10.9 Å². The number of rotatable bonds is 6. The lowest BCUT2D eigenvalue weighted by Gasteiger charge is -2.34. The minimum atomic E-state index is -0.408. The molecular weight excluding hydrogens is 515 g/mol.